The highest BCUT2D eigenvalue weighted by molar-refractivity contribution is 7.70. The minimum absolute atomic E-state index is 0.00144. The van der Waals surface area contributed by atoms with Gasteiger partial charge in [-0.3, -0.25) is 28.0 Å². The molecule has 2 aliphatic rings. The topological polar surface area (TPSA) is 235 Å². The van der Waals surface area contributed by atoms with Gasteiger partial charge in [0, 0.05) is 18.7 Å². The largest absolute Gasteiger partial charge is 0.387 e. The first-order valence-corrected chi connectivity index (χ1v) is 16.9. The minimum atomic E-state index is -4.96. The molecule has 248 valence electrons. The Balaban J connectivity index is 1.68. The van der Waals surface area contributed by atoms with Crippen molar-refractivity contribution < 1.29 is 61.9 Å². The number of aromatic amines is 1. The van der Waals surface area contributed by atoms with E-state index in [0.717, 1.165) is 16.8 Å². The number of hydrogen-bond acceptors (Lipinski definition) is 13. The van der Waals surface area contributed by atoms with Crippen LogP contribution in [0.25, 0.3) is 0 Å². The maximum Gasteiger partial charge on any atom is 0.342 e. The molecule has 0 aromatic carbocycles. The Kier molecular flexibility index (Phi) is 13.6. The molecule has 5 N–H and O–H groups in total. The number of aromatic nitrogens is 2. The zero-order valence-electron chi connectivity index (χ0n) is 23.7. The number of nitrogens with zero attached hydrogens (tertiary/aromatic N) is 1. The molecule has 2 unspecified atom stereocenters. The zero-order chi connectivity index (χ0) is 32.5. The van der Waals surface area contributed by atoms with Crippen LogP contribution >= 0.6 is 15.2 Å². The molecule has 10 atom stereocenters. The lowest BCUT2D eigenvalue weighted by Crippen LogP contribution is -2.52. The Morgan fingerprint density at radius 1 is 0.977 bits per heavy atom. The van der Waals surface area contributed by atoms with E-state index in [1.807, 2.05) is 4.98 Å². The first kappa shape index (κ1) is 36.4. The van der Waals surface area contributed by atoms with Gasteiger partial charge in [-0.1, -0.05) is 18.2 Å². The van der Waals surface area contributed by atoms with E-state index in [1.54, 1.807) is 0 Å². The number of aliphatic hydroxyl groups excluding tert-OH is 2. The number of ether oxygens (including phenoxy) is 5. The Hall–Kier alpha value is -2.08. The summed E-state index contributed by atoms with van der Waals surface area (Å²) in [7, 11) is -9.87. The highest BCUT2D eigenvalue weighted by atomic mass is 31.2. The third-order valence-corrected chi connectivity index (χ3v) is 10.3. The molecule has 0 bridgehead atoms. The van der Waals surface area contributed by atoms with Gasteiger partial charge in [0.1, 0.15) is 24.4 Å². The van der Waals surface area contributed by atoms with Crippen LogP contribution in [-0.2, 0) is 41.9 Å². The first-order chi connectivity index (χ1) is 20.8. The van der Waals surface area contributed by atoms with Crippen molar-refractivity contribution in [3.05, 3.63) is 71.1 Å². The van der Waals surface area contributed by atoms with E-state index in [1.165, 1.54) is 18.2 Å². The minimum Gasteiger partial charge on any atom is -0.387 e. The lowest BCUT2D eigenvalue weighted by Gasteiger charge is -2.41. The molecule has 3 rings (SSSR count). The predicted molar refractivity (Wildman–Crippen MR) is 153 cm³/mol. The second-order valence-corrected chi connectivity index (χ2v) is 14.0. The lowest BCUT2D eigenvalue weighted by atomic mass is 10.0. The van der Waals surface area contributed by atoms with E-state index in [4.69, 9.17) is 32.7 Å². The normalized spacial score (nSPS) is 31.5. The van der Waals surface area contributed by atoms with Crippen LogP contribution in [0.3, 0.4) is 0 Å². The average molecular weight is 669 g/mol. The van der Waals surface area contributed by atoms with E-state index in [-0.39, 0.29) is 32.8 Å². The van der Waals surface area contributed by atoms with Gasteiger partial charge in [-0.05, 0) is 0 Å². The first-order valence-electron chi connectivity index (χ1n) is 13.4. The van der Waals surface area contributed by atoms with Crippen LogP contribution < -0.4 is 11.2 Å². The Morgan fingerprint density at radius 3 is 2.32 bits per heavy atom. The van der Waals surface area contributed by atoms with Crippen molar-refractivity contribution in [2.45, 2.75) is 55.6 Å². The van der Waals surface area contributed by atoms with E-state index < -0.39 is 88.1 Å². The monoisotopic (exact) mass is 668 g/mol. The summed E-state index contributed by atoms with van der Waals surface area (Å²) in [4.78, 5) is 46.4. The summed E-state index contributed by atoms with van der Waals surface area (Å²) < 4.78 is 65.2. The van der Waals surface area contributed by atoms with Crippen LogP contribution in [0.15, 0.2) is 59.8 Å². The number of H-pyrrole nitrogens is 1. The molecule has 3 heterocycles. The smallest absolute Gasteiger partial charge is 0.342 e. The number of rotatable bonds is 18. The van der Waals surface area contributed by atoms with Crippen molar-refractivity contribution in [1.82, 2.24) is 9.55 Å². The zero-order valence-corrected chi connectivity index (χ0v) is 25.5. The van der Waals surface area contributed by atoms with Crippen molar-refractivity contribution in [3.8, 4) is 0 Å². The van der Waals surface area contributed by atoms with Crippen LogP contribution in [0.1, 0.15) is 12.6 Å². The van der Waals surface area contributed by atoms with E-state index >= 15 is 0 Å². The molecule has 1 aromatic heterocycles. The molecule has 19 heteroatoms. The van der Waals surface area contributed by atoms with Gasteiger partial charge in [-0.25, -0.2) is 4.79 Å². The molecule has 0 amide bonds. The average Bonchev–Trinajstić information content (AvgIpc) is 3.22. The van der Waals surface area contributed by atoms with Crippen LogP contribution in [0.5, 0.6) is 0 Å². The lowest BCUT2D eigenvalue weighted by molar-refractivity contribution is -0.260. The molecule has 0 radical (unpaired) electrons. The Morgan fingerprint density at radius 2 is 1.66 bits per heavy atom. The van der Waals surface area contributed by atoms with Crippen molar-refractivity contribution >= 4 is 15.2 Å². The third kappa shape index (κ3) is 10.2. The molecule has 1 aromatic rings. The maximum absolute atomic E-state index is 13.1. The van der Waals surface area contributed by atoms with Gasteiger partial charge in [0.2, 0.25) is 0 Å². The summed E-state index contributed by atoms with van der Waals surface area (Å²) in [5, 5.41) is 20.7. The van der Waals surface area contributed by atoms with Gasteiger partial charge in [0.05, 0.1) is 45.2 Å². The highest BCUT2D eigenvalue weighted by Gasteiger charge is 2.48. The highest BCUT2D eigenvalue weighted by Crippen LogP contribution is 2.59. The van der Waals surface area contributed by atoms with Gasteiger partial charge in [0.25, 0.3) is 5.56 Å². The molecule has 2 fully saturated rings. The van der Waals surface area contributed by atoms with Crippen LogP contribution in [0.2, 0.25) is 0 Å². The number of hydrogen-bond donors (Lipinski definition) is 5. The van der Waals surface area contributed by atoms with Gasteiger partial charge in [-0.2, -0.15) is 0 Å². The molecule has 0 spiro atoms. The summed E-state index contributed by atoms with van der Waals surface area (Å²) >= 11 is 0. The van der Waals surface area contributed by atoms with Crippen molar-refractivity contribution in [3.63, 3.8) is 0 Å². The molecule has 44 heavy (non-hydrogen) atoms. The number of nitrogens with one attached hydrogen (secondary N) is 1. The van der Waals surface area contributed by atoms with Gasteiger partial charge < -0.3 is 48.2 Å². The second kappa shape index (κ2) is 16.5. The number of aliphatic hydroxyl groups is 2. The summed E-state index contributed by atoms with van der Waals surface area (Å²) in [6.45, 7) is 10.3. The molecule has 2 saturated heterocycles. The van der Waals surface area contributed by atoms with E-state index in [0.29, 0.717) is 0 Å². The SMILES string of the molecule is C=CCOC[C@@H]1C[C@H](OCC=C)[C@@H](OCC=C)[C@@H](OP(=O)(O)CP(=O)(O)OC[C@H]2O[C@@H](n3ccc(=O)[nH]c3=O)[C@H](O)[C@@H]2O)O1. The fraction of sp³-hybridized carbons (Fsp3) is 0.600. The van der Waals surface area contributed by atoms with Crippen LogP contribution in [-0.4, -0.2) is 111 Å². The van der Waals surface area contributed by atoms with Crippen molar-refractivity contribution in [2.24, 2.45) is 0 Å². The molecule has 2 aliphatic heterocycles. The quantitative estimate of drug-likeness (QED) is 0.0785. The van der Waals surface area contributed by atoms with E-state index in [2.05, 4.69) is 19.7 Å². The van der Waals surface area contributed by atoms with Crippen molar-refractivity contribution in [2.75, 3.05) is 38.9 Å². The van der Waals surface area contributed by atoms with Crippen LogP contribution in [0, 0.1) is 0 Å². The fourth-order valence-corrected chi connectivity index (χ4v) is 7.74. The van der Waals surface area contributed by atoms with Gasteiger partial charge >= 0.3 is 20.9 Å². The Labute approximate surface area is 252 Å². The summed E-state index contributed by atoms with van der Waals surface area (Å²) in [6.07, 6.45) is -4.52. The van der Waals surface area contributed by atoms with Gasteiger partial charge in [0.15, 0.2) is 18.4 Å². The van der Waals surface area contributed by atoms with Crippen LogP contribution in [0.4, 0.5) is 0 Å². The summed E-state index contributed by atoms with van der Waals surface area (Å²) in [5.74, 6) is -1.39. The van der Waals surface area contributed by atoms with E-state index in [9.17, 15) is 38.7 Å². The molecule has 17 nitrogen and oxygen atoms in total. The Bertz CT molecular complexity index is 1330. The third-order valence-electron chi connectivity index (χ3n) is 6.36. The molecule has 0 aliphatic carbocycles. The second-order valence-electron chi connectivity index (χ2n) is 9.82. The maximum atomic E-state index is 13.1. The standard InChI is InChI=1S/C25H38N2O15P2/c1-4-9-36-13-16-12-17(37-10-5-2)22(38-11-6-3)24(40-16)42-44(34,35)15-43(32,33)39-14-18-20(29)21(30)23(41-18)27-8-7-19(28)26-25(27)31/h4-8,16-18,20-24,29-30H,1-3,9-15H2,(H,32,33)(H,34,35)(H,26,28,31)/t16-,17-,18+,20+,21+,22+,23+,24+/m0/s1. The van der Waals surface area contributed by atoms with Gasteiger partial charge in [-0.15, -0.1) is 19.7 Å². The van der Waals surface area contributed by atoms with Crippen molar-refractivity contribution in [1.29, 1.82) is 0 Å². The molecular formula is C25H38N2O15P2. The molecular weight excluding hydrogens is 630 g/mol. The fourth-order valence-electron chi connectivity index (χ4n) is 4.46. The summed E-state index contributed by atoms with van der Waals surface area (Å²) in [5.41, 5.74) is -1.64. The summed E-state index contributed by atoms with van der Waals surface area (Å²) in [6, 6.07) is 0.988. The molecule has 0 saturated carbocycles. The predicted octanol–water partition coefficient (Wildman–Crippen LogP) is -0.0227.